The van der Waals surface area contributed by atoms with E-state index in [2.05, 4.69) is 27.6 Å². The molecule has 0 unspecified atom stereocenters. The fraction of sp³-hybridized carbons (Fsp3) is 0.385. The van der Waals surface area contributed by atoms with Gasteiger partial charge in [0.05, 0.1) is 5.41 Å². The molecule has 2 saturated heterocycles. The second-order valence-corrected chi connectivity index (χ2v) is 9.53. The van der Waals surface area contributed by atoms with Gasteiger partial charge in [-0.05, 0) is 63.3 Å². The summed E-state index contributed by atoms with van der Waals surface area (Å²) < 4.78 is 1.78. The lowest BCUT2D eigenvalue weighted by molar-refractivity contribution is -0.133. The van der Waals surface area contributed by atoms with Crippen LogP contribution in [0.25, 0.3) is 5.69 Å². The Morgan fingerprint density at radius 2 is 1.82 bits per heavy atom. The van der Waals surface area contributed by atoms with Crippen LogP contribution in [-0.4, -0.2) is 49.6 Å². The number of carbonyl (C=O) groups excluding carboxylic acids is 2. The molecule has 3 heterocycles. The Balaban J connectivity index is 1.48. The van der Waals surface area contributed by atoms with Gasteiger partial charge in [-0.15, -0.1) is 10.2 Å². The first-order valence-corrected chi connectivity index (χ1v) is 11.6. The number of aromatic nitrogens is 3. The third-order valence-corrected chi connectivity index (χ3v) is 7.02. The Bertz CT molecular complexity index is 1140. The Morgan fingerprint density at radius 1 is 1.06 bits per heavy atom. The number of fused-ring (bicyclic) bond motifs is 2. The third kappa shape index (κ3) is 3.81. The molecule has 33 heavy (non-hydrogen) atoms. The van der Waals surface area contributed by atoms with Crippen molar-refractivity contribution >= 4 is 11.8 Å². The summed E-state index contributed by atoms with van der Waals surface area (Å²) >= 11 is 0. The number of nitrogens with one attached hydrogen (secondary N) is 1. The van der Waals surface area contributed by atoms with Crippen molar-refractivity contribution in [2.24, 2.45) is 5.41 Å². The van der Waals surface area contributed by atoms with Crippen LogP contribution < -0.4 is 5.32 Å². The standard InChI is InChI=1S/C26H29N5O2/c1-18(2)29-25(33)26(14-19-7-4-3-5-8-19)15-22-11-12-23(26)31(22)24(32)20-9-6-10-21(13-20)30-16-27-28-17-30/h3-10,13,16-18,22-23H,11-12,14-15H2,1-2H3,(H,29,33)/t22-,23+,26+/m1/s1. The number of hydrogen-bond donors (Lipinski definition) is 1. The van der Waals surface area contributed by atoms with Gasteiger partial charge in [0, 0.05) is 29.4 Å². The zero-order valence-electron chi connectivity index (χ0n) is 19.0. The fourth-order valence-electron chi connectivity index (χ4n) is 5.65. The number of carbonyl (C=O) groups is 2. The average molecular weight is 444 g/mol. The van der Waals surface area contributed by atoms with Gasteiger partial charge in [0.25, 0.3) is 5.91 Å². The molecule has 2 bridgehead atoms. The maximum absolute atomic E-state index is 13.8. The predicted molar refractivity (Wildman–Crippen MR) is 125 cm³/mol. The molecular formula is C26H29N5O2. The van der Waals surface area contributed by atoms with Crippen LogP contribution in [0.5, 0.6) is 0 Å². The van der Waals surface area contributed by atoms with Gasteiger partial charge in [-0.3, -0.25) is 14.2 Å². The van der Waals surface area contributed by atoms with Crippen LogP contribution in [0, 0.1) is 5.41 Å². The van der Waals surface area contributed by atoms with Crippen LogP contribution in [0.3, 0.4) is 0 Å². The van der Waals surface area contributed by atoms with Crippen molar-refractivity contribution in [3.05, 3.63) is 78.4 Å². The molecular weight excluding hydrogens is 414 g/mol. The first-order valence-electron chi connectivity index (χ1n) is 11.6. The number of hydrogen-bond acceptors (Lipinski definition) is 4. The van der Waals surface area contributed by atoms with Gasteiger partial charge in [0.2, 0.25) is 5.91 Å². The number of amides is 2. The van der Waals surface area contributed by atoms with E-state index in [4.69, 9.17) is 0 Å². The van der Waals surface area contributed by atoms with E-state index in [1.807, 2.05) is 61.2 Å². The van der Waals surface area contributed by atoms with Crippen LogP contribution in [-0.2, 0) is 11.2 Å². The van der Waals surface area contributed by atoms with Gasteiger partial charge in [0.1, 0.15) is 12.7 Å². The van der Waals surface area contributed by atoms with Crippen molar-refractivity contribution in [1.29, 1.82) is 0 Å². The molecule has 0 radical (unpaired) electrons. The zero-order chi connectivity index (χ0) is 23.0. The van der Waals surface area contributed by atoms with E-state index in [0.29, 0.717) is 18.4 Å². The summed E-state index contributed by atoms with van der Waals surface area (Å²) in [4.78, 5) is 29.4. The van der Waals surface area contributed by atoms with Crippen molar-refractivity contribution in [1.82, 2.24) is 25.0 Å². The van der Waals surface area contributed by atoms with E-state index in [9.17, 15) is 9.59 Å². The molecule has 0 spiro atoms. The molecule has 5 rings (SSSR count). The molecule has 7 nitrogen and oxygen atoms in total. The summed E-state index contributed by atoms with van der Waals surface area (Å²) in [6.07, 6.45) is 6.35. The number of nitrogens with zero attached hydrogens (tertiary/aromatic N) is 4. The third-order valence-electron chi connectivity index (χ3n) is 7.02. The summed E-state index contributed by atoms with van der Waals surface area (Å²) in [6.45, 7) is 3.97. The van der Waals surface area contributed by atoms with Crippen molar-refractivity contribution in [3.8, 4) is 5.69 Å². The van der Waals surface area contributed by atoms with Crippen molar-refractivity contribution in [2.45, 2.75) is 57.7 Å². The molecule has 0 aliphatic carbocycles. The Labute approximate surface area is 193 Å². The lowest BCUT2D eigenvalue weighted by atomic mass is 9.69. The summed E-state index contributed by atoms with van der Waals surface area (Å²) in [5.41, 5.74) is 1.98. The SMILES string of the molecule is CC(C)NC(=O)[C@@]1(Cc2ccccc2)C[C@H]2CC[C@@H]1N2C(=O)c1cccc(-n2cnnc2)c1. The van der Waals surface area contributed by atoms with Gasteiger partial charge >= 0.3 is 0 Å². The zero-order valence-corrected chi connectivity index (χ0v) is 19.0. The first-order chi connectivity index (χ1) is 16.0. The molecule has 1 N–H and O–H groups in total. The van der Waals surface area contributed by atoms with Crippen LogP contribution in [0.1, 0.15) is 49.0 Å². The van der Waals surface area contributed by atoms with Crippen LogP contribution in [0.4, 0.5) is 0 Å². The molecule has 2 fully saturated rings. The molecule has 2 aromatic carbocycles. The predicted octanol–water partition coefficient (Wildman–Crippen LogP) is 3.40. The second-order valence-electron chi connectivity index (χ2n) is 9.53. The van der Waals surface area contributed by atoms with E-state index in [0.717, 1.165) is 24.1 Å². The Kier molecular flexibility index (Phi) is 5.48. The highest BCUT2D eigenvalue weighted by Gasteiger charge is 2.61. The lowest BCUT2D eigenvalue weighted by Gasteiger charge is -2.37. The molecule has 2 amide bonds. The molecule has 0 saturated carbocycles. The molecule has 7 heteroatoms. The van der Waals surface area contributed by atoms with Gasteiger partial charge in [-0.25, -0.2) is 0 Å². The molecule has 3 atom stereocenters. The topological polar surface area (TPSA) is 80.1 Å². The molecule has 170 valence electrons. The summed E-state index contributed by atoms with van der Waals surface area (Å²) in [5, 5.41) is 10.9. The van der Waals surface area contributed by atoms with Gasteiger partial charge < -0.3 is 10.2 Å². The van der Waals surface area contributed by atoms with E-state index < -0.39 is 5.41 Å². The molecule has 1 aromatic heterocycles. The highest BCUT2D eigenvalue weighted by molar-refractivity contribution is 5.97. The highest BCUT2D eigenvalue weighted by Crippen LogP contribution is 2.52. The number of rotatable bonds is 6. The minimum Gasteiger partial charge on any atom is -0.353 e. The normalized spacial score (nSPS) is 23.8. The van der Waals surface area contributed by atoms with Crippen LogP contribution >= 0.6 is 0 Å². The van der Waals surface area contributed by atoms with E-state index in [1.54, 1.807) is 17.2 Å². The largest absolute Gasteiger partial charge is 0.353 e. The van der Waals surface area contributed by atoms with Gasteiger partial charge in [0.15, 0.2) is 0 Å². The monoisotopic (exact) mass is 443 g/mol. The van der Waals surface area contributed by atoms with Gasteiger partial charge in [-0.2, -0.15) is 0 Å². The molecule has 2 aliphatic rings. The Hall–Kier alpha value is -3.48. The Morgan fingerprint density at radius 3 is 2.55 bits per heavy atom. The lowest BCUT2D eigenvalue weighted by Crippen LogP contribution is -2.52. The fourth-order valence-corrected chi connectivity index (χ4v) is 5.65. The van der Waals surface area contributed by atoms with E-state index in [-0.39, 0.29) is 29.9 Å². The maximum atomic E-state index is 13.8. The van der Waals surface area contributed by atoms with Crippen molar-refractivity contribution in [3.63, 3.8) is 0 Å². The smallest absolute Gasteiger partial charge is 0.254 e. The quantitative estimate of drug-likeness (QED) is 0.633. The van der Waals surface area contributed by atoms with Crippen LogP contribution in [0.15, 0.2) is 67.3 Å². The summed E-state index contributed by atoms with van der Waals surface area (Å²) in [6, 6.07) is 17.7. The highest BCUT2D eigenvalue weighted by atomic mass is 16.2. The van der Waals surface area contributed by atoms with Crippen molar-refractivity contribution < 1.29 is 9.59 Å². The summed E-state index contributed by atoms with van der Waals surface area (Å²) in [5.74, 6) is 0.0503. The minimum atomic E-state index is -0.615. The van der Waals surface area contributed by atoms with Crippen LogP contribution in [0.2, 0.25) is 0 Å². The second kappa shape index (κ2) is 8.46. The summed E-state index contributed by atoms with van der Waals surface area (Å²) in [7, 11) is 0. The molecule has 2 aliphatic heterocycles. The van der Waals surface area contributed by atoms with E-state index >= 15 is 0 Å². The minimum absolute atomic E-state index is 0.00953. The average Bonchev–Trinajstić information content (AvgIpc) is 3.55. The van der Waals surface area contributed by atoms with Gasteiger partial charge in [-0.1, -0.05) is 36.4 Å². The number of benzene rings is 2. The molecule has 3 aromatic rings. The van der Waals surface area contributed by atoms with E-state index in [1.165, 1.54) is 0 Å². The maximum Gasteiger partial charge on any atom is 0.254 e. The first kappa shape index (κ1) is 21.4. The van der Waals surface area contributed by atoms with Crippen molar-refractivity contribution in [2.75, 3.05) is 0 Å².